The van der Waals surface area contributed by atoms with E-state index in [0.717, 1.165) is 28.4 Å². The summed E-state index contributed by atoms with van der Waals surface area (Å²) in [6.45, 7) is 7.85. The smallest absolute Gasteiger partial charge is 0.337 e. The molecule has 4 N–H and O–H groups in total. The maximum absolute atomic E-state index is 12.5. The average molecular weight is 606 g/mol. The first-order chi connectivity index (χ1) is 21.2. The Morgan fingerprint density at radius 3 is 2.70 bits per heavy atom. The standard InChI is InChI=1S/C31H35N5O8/c1-6-41-25-12-20(29-28(30(38)40-5)18(3)33-31(39)34-29)7-9-23(25)42-15-27(37)35-32-14-21-11-17(2)36(19(21)4)22-8-10-24-26(13-22)44-16-43-24/h7-14,27,29,35,37H,6,15-16H2,1-5H3,(H2,33,34,39)/b32-14-/t27-,29+/m0/s1. The number of nitrogens with one attached hydrogen (secondary N) is 3. The number of aromatic nitrogens is 1. The molecule has 13 nitrogen and oxygen atoms in total. The van der Waals surface area contributed by atoms with Crippen molar-refractivity contribution in [3.63, 3.8) is 0 Å². The molecule has 0 bridgehead atoms. The molecule has 0 radical (unpaired) electrons. The summed E-state index contributed by atoms with van der Waals surface area (Å²) in [4.78, 5) is 24.6. The topological polar surface area (TPSA) is 154 Å². The lowest BCUT2D eigenvalue weighted by molar-refractivity contribution is -0.136. The van der Waals surface area contributed by atoms with E-state index >= 15 is 0 Å². The SMILES string of the molecule is CCOc1cc([C@H]2NC(=O)NC(C)=C2C(=O)OC)ccc1OC[C@H](O)N/N=C\c1cc(C)n(-c2ccc3c(c2)OCO3)c1C. The van der Waals surface area contributed by atoms with E-state index < -0.39 is 24.3 Å². The number of amides is 2. The number of fused-ring (bicyclic) bond motifs is 1. The molecule has 2 amide bonds. The lowest BCUT2D eigenvalue weighted by Gasteiger charge is -2.28. The first-order valence-electron chi connectivity index (χ1n) is 14.0. The fourth-order valence-electron chi connectivity index (χ4n) is 5.15. The maximum atomic E-state index is 12.5. The number of aliphatic hydroxyl groups excluding tert-OH is 1. The molecule has 5 rings (SSSR count). The molecule has 44 heavy (non-hydrogen) atoms. The van der Waals surface area contributed by atoms with Gasteiger partial charge in [0.15, 0.2) is 29.2 Å². The van der Waals surface area contributed by atoms with Crippen molar-refractivity contribution in [2.75, 3.05) is 27.1 Å². The predicted molar refractivity (Wildman–Crippen MR) is 160 cm³/mol. The number of hydrogen-bond donors (Lipinski definition) is 4. The van der Waals surface area contributed by atoms with Crippen LogP contribution in [0.5, 0.6) is 23.0 Å². The zero-order chi connectivity index (χ0) is 31.4. The minimum Gasteiger partial charge on any atom is -0.490 e. The number of allylic oxidation sites excluding steroid dienone is 1. The van der Waals surface area contributed by atoms with Crippen LogP contribution >= 0.6 is 0 Å². The molecule has 2 aromatic carbocycles. The van der Waals surface area contributed by atoms with Gasteiger partial charge in [-0.1, -0.05) is 6.07 Å². The molecular formula is C31H35N5O8. The van der Waals surface area contributed by atoms with Crippen LogP contribution in [0.2, 0.25) is 0 Å². The Morgan fingerprint density at radius 2 is 1.93 bits per heavy atom. The highest BCUT2D eigenvalue weighted by atomic mass is 16.7. The van der Waals surface area contributed by atoms with E-state index in [1.165, 1.54) is 7.11 Å². The third kappa shape index (κ3) is 6.27. The summed E-state index contributed by atoms with van der Waals surface area (Å²) in [6, 6.07) is 11.6. The third-order valence-corrected chi connectivity index (χ3v) is 7.18. The van der Waals surface area contributed by atoms with E-state index in [1.807, 2.05) is 45.0 Å². The van der Waals surface area contributed by atoms with Crippen molar-refractivity contribution in [1.82, 2.24) is 20.6 Å². The Morgan fingerprint density at radius 1 is 1.14 bits per heavy atom. The fourth-order valence-corrected chi connectivity index (χ4v) is 5.15. The summed E-state index contributed by atoms with van der Waals surface area (Å²) in [5.41, 5.74) is 7.73. The number of aliphatic hydroxyl groups is 1. The van der Waals surface area contributed by atoms with Gasteiger partial charge >= 0.3 is 12.0 Å². The Labute approximate surface area is 254 Å². The van der Waals surface area contributed by atoms with Crippen LogP contribution in [0.1, 0.15) is 42.4 Å². The lowest BCUT2D eigenvalue weighted by atomic mass is 9.95. The Hall–Kier alpha value is -5.17. The number of esters is 1. The second kappa shape index (κ2) is 13.0. The monoisotopic (exact) mass is 605 g/mol. The van der Waals surface area contributed by atoms with Crippen LogP contribution in [0.3, 0.4) is 0 Å². The van der Waals surface area contributed by atoms with Gasteiger partial charge in [-0.05, 0) is 63.6 Å². The molecule has 0 spiro atoms. The molecule has 13 heteroatoms. The van der Waals surface area contributed by atoms with Crippen LogP contribution in [0, 0.1) is 13.8 Å². The molecule has 0 aliphatic carbocycles. The molecule has 2 atom stereocenters. The van der Waals surface area contributed by atoms with Crippen LogP contribution in [0.4, 0.5) is 4.79 Å². The number of urea groups is 1. The van der Waals surface area contributed by atoms with Gasteiger partial charge in [-0.15, -0.1) is 0 Å². The molecule has 232 valence electrons. The number of aryl methyl sites for hydroxylation is 1. The summed E-state index contributed by atoms with van der Waals surface area (Å²) >= 11 is 0. The number of carbonyl (C=O) groups excluding carboxylic acids is 2. The summed E-state index contributed by atoms with van der Waals surface area (Å²) in [7, 11) is 1.28. The number of nitrogens with zero attached hydrogens (tertiary/aromatic N) is 2. The first kappa shape index (κ1) is 30.3. The summed E-state index contributed by atoms with van der Waals surface area (Å²) < 4.78 is 29.5. The zero-order valence-corrected chi connectivity index (χ0v) is 25.1. The Bertz CT molecular complexity index is 1630. The van der Waals surface area contributed by atoms with Crippen molar-refractivity contribution in [2.45, 2.75) is 40.0 Å². The number of ether oxygens (including phenoxy) is 5. The quantitative estimate of drug-likeness (QED) is 0.112. The van der Waals surface area contributed by atoms with Crippen LogP contribution in [0.25, 0.3) is 5.69 Å². The second-order valence-corrected chi connectivity index (χ2v) is 10.1. The van der Waals surface area contributed by atoms with Gasteiger partial charge in [0, 0.05) is 34.4 Å². The molecule has 0 saturated heterocycles. The van der Waals surface area contributed by atoms with Crippen LogP contribution in [0.15, 0.2) is 58.8 Å². The van der Waals surface area contributed by atoms with E-state index in [-0.39, 0.29) is 19.0 Å². The van der Waals surface area contributed by atoms with Crippen molar-refractivity contribution in [2.24, 2.45) is 5.10 Å². The summed E-state index contributed by atoms with van der Waals surface area (Å²) in [5, 5.41) is 20.1. The fraction of sp³-hybridized carbons (Fsp3) is 0.323. The predicted octanol–water partition coefficient (Wildman–Crippen LogP) is 3.34. The number of hydrazone groups is 1. The van der Waals surface area contributed by atoms with Crippen molar-refractivity contribution in [3.05, 3.63) is 76.2 Å². The zero-order valence-electron chi connectivity index (χ0n) is 25.1. The molecule has 0 saturated carbocycles. The number of rotatable bonds is 11. The third-order valence-electron chi connectivity index (χ3n) is 7.18. The minimum atomic E-state index is -1.13. The summed E-state index contributed by atoms with van der Waals surface area (Å²) in [5.74, 6) is 1.61. The molecule has 3 aromatic rings. The molecule has 3 heterocycles. The van der Waals surface area contributed by atoms with Crippen LogP contribution < -0.4 is 35.0 Å². The molecule has 2 aliphatic heterocycles. The van der Waals surface area contributed by atoms with Crippen molar-refractivity contribution in [3.8, 4) is 28.7 Å². The highest BCUT2D eigenvalue weighted by molar-refractivity contribution is 5.95. The first-order valence-corrected chi connectivity index (χ1v) is 14.0. The molecule has 0 fully saturated rings. The Balaban J connectivity index is 1.24. The van der Waals surface area contributed by atoms with Gasteiger partial charge in [0.2, 0.25) is 6.79 Å². The normalized spacial score (nSPS) is 16.4. The van der Waals surface area contributed by atoms with Gasteiger partial charge in [-0.3, -0.25) is 5.43 Å². The lowest BCUT2D eigenvalue weighted by Crippen LogP contribution is -2.45. The number of carbonyl (C=O) groups is 2. The molecule has 1 aromatic heterocycles. The van der Waals surface area contributed by atoms with E-state index in [1.54, 1.807) is 31.3 Å². The molecule has 2 aliphatic rings. The Kier molecular flexibility index (Phi) is 8.95. The average Bonchev–Trinajstić information content (AvgIpc) is 3.58. The van der Waals surface area contributed by atoms with E-state index in [2.05, 4.69) is 25.7 Å². The van der Waals surface area contributed by atoms with Crippen molar-refractivity contribution < 1.29 is 38.4 Å². The van der Waals surface area contributed by atoms with Gasteiger partial charge in [0.25, 0.3) is 0 Å². The van der Waals surface area contributed by atoms with Gasteiger partial charge in [-0.2, -0.15) is 5.10 Å². The van der Waals surface area contributed by atoms with E-state index in [0.29, 0.717) is 35.1 Å². The minimum absolute atomic E-state index is 0.135. The van der Waals surface area contributed by atoms with Crippen molar-refractivity contribution >= 4 is 18.2 Å². The van der Waals surface area contributed by atoms with Gasteiger partial charge in [-0.25, -0.2) is 9.59 Å². The van der Waals surface area contributed by atoms with Gasteiger partial charge in [0.05, 0.1) is 31.5 Å². The summed E-state index contributed by atoms with van der Waals surface area (Å²) in [6.07, 6.45) is 0.509. The molecular weight excluding hydrogens is 570 g/mol. The van der Waals surface area contributed by atoms with Crippen LogP contribution in [-0.2, 0) is 9.53 Å². The van der Waals surface area contributed by atoms with Crippen molar-refractivity contribution in [1.29, 1.82) is 0 Å². The highest BCUT2D eigenvalue weighted by Crippen LogP contribution is 2.36. The second-order valence-electron chi connectivity index (χ2n) is 10.1. The van der Waals surface area contributed by atoms with Gasteiger partial charge in [0.1, 0.15) is 6.61 Å². The van der Waals surface area contributed by atoms with E-state index in [9.17, 15) is 14.7 Å². The number of benzene rings is 2. The largest absolute Gasteiger partial charge is 0.490 e. The van der Waals surface area contributed by atoms with Gasteiger partial charge < -0.3 is 44.0 Å². The number of hydrogen-bond acceptors (Lipinski definition) is 10. The number of methoxy groups -OCH3 is 1. The van der Waals surface area contributed by atoms with E-state index in [4.69, 9.17) is 23.7 Å². The molecule has 0 unspecified atom stereocenters. The highest BCUT2D eigenvalue weighted by Gasteiger charge is 2.32. The van der Waals surface area contributed by atoms with Crippen LogP contribution in [-0.4, -0.2) is 61.2 Å². The maximum Gasteiger partial charge on any atom is 0.337 e.